The van der Waals surface area contributed by atoms with E-state index in [0.29, 0.717) is 29.8 Å². The minimum atomic E-state index is -0.130. The maximum atomic E-state index is 12.6. The molecule has 6 heteroatoms. The van der Waals surface area contributed by atoms with Crippen molar-refractivity contribution >= 4 is 39.9 Å². The van der Waals surface area contributed by atoms with E-state index in [0.717, 1.165) is 17.5 Å². The van der Waals surface area contributed by atoms with Gasteiger partial charge < -0.3 is 14.8 Å². The molecule has 144 valence electrons. The topological polar surface area (TPSA) is 50.2 Å². The lowest BCUT2D eigenvalue weighted by atomic mass is 10.00. The van der Waals surface area contributed by atoms with E-state index in [9.17, 15) is 4.79 Å². The second-order valence-corrected chi connectivity index (χ2v) is 7.66. The van der Waals surface area contributed by atoms with Crippen molar-refractivity contribution in [2.75, 3.05) is 18.4 Å². The fraction of sp³-hybridized carbons (Fsp3) is 0.273. The Morgan fingerprint density at radius 3 is 2.75 bits per heavy atom. The third-order valence-electron chi connectivity index (χ3n) is 5.10. The summed E-state index contributed by atoms with van der Waals surface area (Å²) in [5, 5.41) is 4.60. The first-order valence-electron chi connectivity index (χ1n) is 9.50. The molecule has 2 aromatic heterocycles. The molecule has 0 unspecified atom stereocenters. The van der Waals surface area contributed by atoms with Gasteiger partial charge in [-0.25, -0.2) is 9.78 Å². The maximum absolute atomic E-state index is 12.6. The number of fused-ring (bicyclic) bond motifs is 1. The third-order valence-corrected chi connectivity index (χ3v) is 5.43. The van der Waals surface area contributed by atoms with Crippen molar-refractivity contribution in [2.24, 2.45) is 0 Å². The highest BCUT2D eigenvalue weighted by Crippen LogP contribution is 2.32. The minimum Gasteiger partial charge on any atom is -0.329 e. The van der Waals surface area contributed by atoms with Crippen molar-refractivity contribution in [3.05, 3.63) is 65.5 Å². The molecule has 3 aromatic rings. The molecule has 1 aliphatic rings. The van der Waals surface area contributed by atoms with Crippen LogP contribution in [0.5, 0.6) is 0 Å². The zero-order valence-corrected chi connectivity index (χ0v) is 16.8. The number of pyridine rings is 1. The first kappa shape index (κ1) is 18.6. The fourth-order valence-corrected chi connectivity index (χ4v) is 3.77. The Morgan fingerprint density at radius 1 is 1.21 bits per heavy atom. The van der Waals surface area contributed by atoms with Gasteiger partial charge in [0, 0.05) is 42.5 Å². The van der Waals surface area contributed by atoms with Crippen molar-refractivity contribution in [3.63, 3.8) is 0 Å². The molecular weight excluding hydrogens is 372 g/mol. The lowest BCUT2D eigenvalue weighted by Crippen LogP contribution is -2.37. The summed E-state index contributed by atoms with van der Waals surface area (Å²) < 4.78 is 2.21. The molecule has 2 amide bonds. The number of rotatable bonds is 3. The van der Waals surface area contributed by atoms with Crippen LogP contribution in [0.3, 0.4) is 0 Å². The summed E-state index contributed by atoms with van der Waals surface area (Å²) in [4.78, 5) is 18.9. The van der Waals surface area contributed by atoms with E-state index in [1.807, 2.05) is 24.4 Å². The summed E-state index contributed by atoms with van der Waals surface area (Å²) in [6, 6.07) is 11.6. The van der Waals surface area contributed by atoms with Crippen LogP contribution < -0.4 is 5.32 Å². The highest BCUT2D eigenvalue weighted by Gasteiger charge is 2.21. The van der Waals surface area contributed by atoms with Crippen LogP contribution in [0.2, 0.25) is 5.02 Å². The SMILES string of the molecule is CC(C)n1cc(C2=CCN(C(=O)Nc3ccccc3Cl)CC2)c2cccnc21. The van der Waals surface area contributed by atoms with Crippen LogP contribution in [-0.4, -0.2) is 33.6 Å². The Labute approximate surface area is 169 Å². The van der Waals surface area contributed by atoms with Crippen LogP contribution in [-0.2, 0) is 0 Å². The van der Waals surface area contributed by atoms with Crippen molar-refractivity contribution < 1.29 is 4.79 Å². The van der Waals surface area contributed by atoms with Gasteiger partial charge in [0.05, 0.1) is 10.7 Å². The number of benzene rings is 1. The maximum Gasteiger partial charge on any atom is 0.322 e. The van der Waals surface area contributed by atoms with E-state index in [4.69, 9.17) is 11.6 Å². The molecule has 3 heterocycles. The molecular formula is C22H23ClN4O. The van der Waals surface area contributed by atoms with Gasteiger partial charge in [-0.05, 0) is 50.1 Å². The van der Waals surface area contributed by atoms with E-state index >= 15 is 0 Å². The highest BCUT2D eigenvalue weighted by molar-refractivity contribution is 6.33. The number of carbonyl (C=O) groups excluding carboxylic acids is 1. The van der Waals surface area contributed by atoms with E-state index in [-0.39, 0.29) is 6.03 Å². The zero-order chi connectivity index (χ0) is 19.7. The normalized spacial score (nSPS) is 14.4. The van der Waals surface area contributed by atoms with Gasteiger partial charge in [0.2, 0.25) is 0 Å². The van der Waals surface area contributed by atoms with Crippen LogP contribution in [0.4, 0.5) is 10.5 Å². The average molecular weight is 395 g/mol. The largest absolute Gasteiger partial charge is 0.329 e. The second kappa shape index (κ2) is 7.68. The average Bonchev–Trinajstić information content (AvgIpc) is 3.10. The number of carbonyl (C=O) groups is 1. The van der Waals surface area contributed by atoms with Gasteiger partial charge in [0.15, 0.2) is 0 Å². The Kier molecular flexibility index (Phi) is 5.09. The van der Waals surface area contributed by atoms with Gasteiger partial charge in [-0.15, -0.1) is 0 Å². The lowest BCUT2D eigenvalue weighted by Gasteiger charge is -2.27. The Balaban J connectivity index is 1.54. The van der Waals surface area contributed by atoms with E-state index in [1.54, 1.807) is 17.0 Å². The van der Waals surface area contributed by atoms with Crippen LogP contribution in [0.1, 0.15) is 31.9 Å². The molecule has 1 aliphatic heterocycles. The number of aromatic nitrogens is 2. The number of hydrogen-bond acceptors (Lipinski definition) is 2. The predicted molar refractivity (Wildman–Crippen MR) is 115 cm³/mol. The number of para-hydroxylation sites is 1. The fourth-order valence-electron chi connectivity index (χ4n) is 3.59. The van der Waals surface area contributed by atoms with Gasteiger partial charge in [-0.3, -0.25) is 0 Å². The Morgan fingerprint density at radius 2 is 2.04 bits per heavy atom. The number of amides is 2. The minimum absolute atomic E-state index is 0.130. The Hall–Kier alpha value is -2.79. The molecule has 0 bridgehead atoms. The number of halogens is 1. The first-order valence-corrected chi connectivity index (χ1v) is 9.88. The van der Waals surface area contributed by atoms with Gasteiger partial charge in [-0.2, -0.15) is 0 Å². The summed E-state index contributed by atoms with van der Waals surface area (Å²) in [5.41, 5.74) is 4.12. The van der Waals surface area contributed by atoms with Crippen LogP contribution >= 0.6 is 11.6 Å². The molecule has 0 aliphatic carbocycles. The van der Waals surface area contributed by atoms with Crippen molar-refractivity contribution in [2.45, 2.75) is 26.3 Å². The standard InChI is InChI=1S/C22H23ClN4O/c1-15(2)27-14-18(17-6-5-11-24-21(17)27)16-9-12-26(13-10-16)22(28)25-20-8-4-3-7-19(20)23/h3-9,11,14-15H,10,12-13H2,1-2H3,(H,25,28). The molecule has 0 radical (unpaired) electrons. The number of urea groups is 1. The molecule has 1 N–H and O–H groups in total. The Bertz CT molecular complexity index is 1050. The van der Waals surface area contributed by atoms with Crippen molar-refractivity contribution in [3.8, 4) is 0 Å². The molecule has 0 saturated heterocycles. The number of nitrogens with one attached hydrogen (secondary N) is 1. The number of hydrogen-bond donors (Lipinski definition) is 1. The predicted octanol–water partition coefficient (Wildman–Crippen LogP) is 5.59. The highest BCUT2D eigenvalue weighted by atomic mass is 35.5. The van der Waals surface area contributed by atoms with E-state index < -0.39 is 0 Å². The van der Waals surface area contributed by atoms with Crippen molar-refractivity contribution in [1.29, 1.82) is 0 Å². The summed E-state index contributed by atoms with van der Waals surface area (Å²) in [6.45, 7) is 5.55. The zero-order valence-electron chi connectivity index (χ0n) is 16.0. The molecule has 0 fully saturated rings. The van der Waals surface area contributed by atoms with E-state index in [2.05, 4.69) is 47.1 Å². The third kappa shape index (κ3) is 3.50. The summed E-state index contributed by atoms with van der Waals surface area (Å²) >= 11 is 6.14. The van der Waals surface area contributed by atoms with Crippen LogP contribution in [0.25, 0.3) is 16.6 Å². The second-order valence-electron chi connectivity index (χ2n) is 7.25. The lowest BCUT2D eigenvalue weighted by molar-refractivity contribution is 0.217. The van der Waals surface area contributed by atoms with Crippen LogP contribution in [0, 0.1) is 0 Å². The number of nitrogens with zero attached hydrogens (tertiary/aromatic N) is 3. The molecule has 5 nitrogen and oxygen atoms in total. The monoisotopic (exact) mass is 394 g/mol. The quantitative estimate of drug-likeness (QED) is 0.629. The molecule has 0 atom stereocenters. The van der Waals surface area contributed by atoms with Crippen LogP contribution in [0.15, 0.2) is 54.9 Å². The molecule has 4 rings (SSSR count). The smallest absolute Gasteiger partial charge is 0.322 e. The number of anilines is 1. The first-order chi connectivity index (χ1) is 13.5. The molecule has 0 spiro atoms. The summed E-state index contributed by atoms with van der Waals surface area (Å²) in [7, 11) is 0. The van der Waals surface area contributed by atoms with Gasteiger partial charge >= 0.3 is 6.03 Å². The van der Waals surface area contributed by atoms with Gasteiger partial charge in [-0.1, -0.05) is 29.8 Å². The molecule has 28 heavy (non-hydrogen) atoms. The summed E-state index contributed by atoms with van der Waals surface area (Å²) in [5.74, 6) is 0. The molecule has 1 aromatic carbocycles. The van der Waals surface area contributed by atoms with Gasteiger partial charge in [0.1, 0.15) is 5.65 Å². The van der Waals surface area contributed by atoms with E-state index in [1.165, 1.54) is 11.1 Å². The summed E-state index contributed by atoms with van der Waals surface area (Å²) in [6.07, 6.45) is 6.97. The molecule has 0 saturated carbocycles. The van der Waals surface area contributed by atoms with Gasteiger partial charge in [0.25, 0.3) is 0 Å². The van der Waals surface area contributed by atoms with Crippen molar-refractivity contribution in [1.82, 2.24) is 14.5 Å².